The maximum absolute atomic E-state index is 11.9. The van der Waals surface area contributed by atoms with Gasteiger partial charge in [-0.15, -0.1) is 0 Å². The summed E-state index contributed by atoms with van der Waals surface area (Å²) in [5.41, 5.74) is 0.901. The zero-order chi connectivity index (χ0) is 12.3. The van der Waals surface area contributed by atoms with Gasteiger partial charge in [0.05, 0.1) is 6.42 Å². The lowest BCUT2D eigenvalue weighted by molar-refractivity contribution is -0.121. The van der Waals surface area contributed by atoms with Crippen LogP contribution in [0, 0.1) is 5.92 Å². The van der Waals surface area contributed by atoms with Crippen LogP contribution >= 0.6 is 11.6 Å². The summed E-state index contributed by atoms with van der Waals surface area (Å²) in [6.07, 6.45) is 3.81. The molecule has 0 radical (unpaired) electrons. The molecule has 1 aromatic carbocycles. The molecule has 2 atom stereocenters. The summed E-state index contributed by atoms with van der Waals surface area (Å²) in [5, 5.41) is 3.76. The van der Waals surface area contributed by atoms with Crippen molar-refractivity contribution in [1.29, 1.82) is 0 Å². The van der Waals surface area contributed by atoms with Gasteiger partial charge in [-0.25, -0.2) is 0 Å². The van der Waals surface area contributed by atoms with E-state index >= 15 is 0 Å². The first-order chi connectivity index (χ1) is 8.15. The molecule has 1 amide bonds. The van der Waals surface area contributed by atoms with E-state index in [1.54, 1.807) is 0 Å². The van der Waals surface area contributed by atoms with Crippen LogP contribution in [0.2, 0.25) is 5.02 Å². The van der Waals surface area contributed by atoms with E-state index in [2.05, 4.69) is 12.2 Å². The fourth-order valence-corrected chi connectivity index (χ4v) is 2.63. The van der Waals surface area contributed by atoms with Crippen LogP contribution in [0.4, 0.5) is 0 Å². The fourth-order valence-electron chi connectivity index (χ4n) is 2.43. The Kier molecular flexibility index (Phi) is 4.06. The van der Waals surface area contributed by atoms with Gasteiger partial charge >= 0.3 is 0 Å². The van der Waals surface area contributed by atoms with Gasteiger partial charge in [-0.2, -0.15) is 0 Å². The topological polar surface area (TPSA) is 29.1 Å². The number of carbonyl (C=O) groups excluding carboxylic acids is 1. The Morgan fingerprint density at radius 1 is 1.41 bits per heavy atom. The smallest absolute Gasteiger partial charge is 0.224 e. The summed E-state index contributed by atoms with van der Waals surface area (Å²) >= 11 is 6.03. The minimum Gasteiger partial charge on any atom is -0.353 e. The van der Waals surface area contributed by atoms with Crippen LogP contribution in [0.5, 0.6) is 0 Å². The minimum absolute atomic E-state index is 0.0807. The van der Waals surface area contributed by atoms with Crippen molar-refractivity contribution in [2.24, 2.45) is 5.92 Å². The molecule has 17 heavy (non-hydrogen) atoms. The number of benzene rings is 1. The monoisotopic (exact) mass is 251 g/mol. The van der Waals surface area contributed by atoms with Crippen molar-refractivity contribution in [2.45, 2.75) is 38.6 Å². The van der Waals surface area contributed by atoms with Crippen LogP contribution in [-0.2, 0) is 11.2 Å². The van der Waals surface area contributed by atoms with Crippen molar-refractivity contribution >= 4 is 17.5 Å². The SMILES string of the molecule is CC1CCC(NC(=O)Cc2ccccc2Cl)C1. The van der Waals surface area contributed by atoms with E-state index in [0.29, 0.717) is 17.5 Å². The lowest BCUT2D eigenvalue weighted by atomic mass is 10.1. The summed E-state index contributed by atoms with van der Waals surface area (Å²) in [6.45, 7) is 2.24. The van der Waals surface area contributed by atoms with E-state index in [1.165, 1.54) is 6.42 Å². The number of hydrogen-bond acceptors (Lipinski definition) is 1. The lowest BCUT2D eigenvalue weighted by Crippen LogP contribution is -2.34. The number of nitrogens with one attached hydrogen (secondary N) is 1. The molecule has 0 heterocycles. The van der Waals surface area contributed by atoms with Crippen LogP contribution in [0.15, 0.2) is 24.3 Å². The number of halogens is 1. The Labute approximate surface area is 107 Å². The molecular formula is C14H18ClNO. The molecule has 0 aromatic heterocycles. The number of carbonyl (C=O) groups is 1. The Hall–Kier alpha value is -1.02. The van der Waals surface area contributed by atoms with Crippen LogP contribution in [0.1, 0.15) is 31.7 Å². The summed E-state index contributed by atoms with van der Waals surface area (Å²) in [5.74, 6) is 0.817. The van der Waals surface area contributed by atoms with Crippen molar-refractivity contribution in [3.63, 3.8) is 0 Å². The Bertz CT molecular complexity index is 405. The van der Waals surface area contributed by atoms with Gasteiger partial charge in [0.25, 0.3) is 0 Å². The highest BCUT2D eigenvalue weighted by Gasteiger charge is 2.22. The average Bonchev–Trinajstić information content (AvgIpc) is 2.67. The third-order valence-electron chi connectivity index (χ3n) is 3.37. The first-order valence-corrected chi connectivity index (χ1v) is 6.55. The second-order valence-electron chi connectivity index (χ2n) is 4.95. The Morgan fingerprint density at radius 2 is 2.18 bits per heavy atom. The van der Waals surface area contributed by atoms with Gasteiger partial charge in [0.1, 0.15) is 0 Å². The Balaban J connectivity index is 1.87. The van der Waals surface area contributed by atoms with E-state index in [0.717, 1.165) is 24.3 Å². The van der Waals surface area contributed by atoms with E-state index in [9.17, 15) is 4.79 Å². The molecule has 1 saturated carbocycles. The quantitative estimate of drug-likeness (QED) is 0.878. The summed E-state index contributed by atoms with van der Waals surface area (Å²) < 4.78 is 0. The van der Waals surface area contributed by atoms with Crippen LogP contribution < -0.4 is 5.32 Å². The average molecular weight is 252 g/mol. The van der Waals surface area contributed by atoms with Crippen LogP contribution in [-0.4, -0.2) is 11.9 Å². The van der Waals surface area contributed by atoms with Gasteiger partial charge in [0.2, 0.25) is 5.91 Å². The molecule has 1 fully saturated rings. The molecule has 3 heteroatoms. The molecule has 0 spiro atoms. The lowest BCUT2D eigenvalue weighted by Gasteiger charge is -2.12. The molecule has 92 valence electrons. The third-order valence-corrected chi connectivity index (χ3v) is 3.74. The highest BCUT2D eigenvalue weighted by Crippen LogP contribution is 2.24. The molecule has 1 aliphatic rings. The van der Waals surface area contributed by atoms with Crippen molar-refractivity contribution in [3.05, 3.63) is 34.9 Å². The van der Waals surface area contributed by atoms with E-state index in [4.69, 9.17) is 11.6 Å². The summed E-state index contributed by atoms with van der Waals surface area (Å²) in [7, 11) is 0. The molecule has 1 aromatic rings. The van der Waals surface area contributed by atoms with Gasteiger partial charge in [-0.3, -0.25) is 4.79 Å². The van der Waals surface area contributed by atoms with Gasteiger partial charge in [-0.05, 0) is 36.8 Å². The second-order valence-corrected chi connectivity index (χ2v) is 5.36. The highest BCUT2D eigenvalue weighted by molar-refractivity contribution is 6.31. The standard InChI is InChI=1S/C14H18ClNO/c1-10-6-7-12(8-10)16-14(17)9-11-4-2-3-5-13(11)15/h2-5,10,12H,6-9H2,1H3,(H,16,17). The molecular weight excluding hydrogens is 234 g/mol. The van der Waals surface area contributed by atoms with Crippen molar-refractivity contribution < 1.29 is 4.79 Å². The van der Waals surface area contributed by atoms with E-state index in [1.807, 2.05) is 24.3 Å². The van der Waals surface area contributed by atoms with Gasteiger partial charge in [0, 0.05) is 11.1 Å². The molecule has 1 aliphatic carbocycles. The van der Waals surface area contributed by atoms with Crippen LogP contribution in [0.25, 0.3) is 0 Å². The summed E-state index contributed by atoms with van der Waals surface area (Å²) in [4.78, 5) is 11.9. The normalized spacial score (nSPS) is 23.6. The van der Waals surface area contributed by atoms with E-state index < -0.39 is 0 Å². The number of hydrogen-bond donors (Lipinski definition) is 1. The first-order valence-electron chi connectivity index (χ1n) is 6.18. The molecule has 1 N–H and O–H groups in total. The molecule has 0 bridgehead atoms. The van der Waals surface area contributed by atoms with Gasteiger partial charge in [0.15, 0.2) is 0 Å². The van der Waals surface area contributed by atoms with Crippen molar-refractivity contribution in [2.75, 3.05) is 0 Å². The molecule has 0 saturated heterocycles. The molecule has 2 unspecified atom stereocenters. The second kappa shape index (κ2) is 5.54. The number of rotatable bonds is 3. The first kappa shape index (κ1) is 12.4. The van der Waals surface area contributed by atoms with Gasteiger partial charge < -0.3 is 5.32 Å². The van der Waals surface area contributed by atoms with Gasteiger partial charge in [-0.1, -0.05) is 36.7 Å². The van der Waals surface area contributed by atoms with Crippen molar-refractivity contribution in [3.8, 4) is 0 Å². The maximum atomic E-state index is 11.9. The largest absolute Gasteiger partial charge is 0.353 e. The highest BCUT2D eigenvalue weighted by atomic mass is 35.5. The predicted molar refractivity (Wildman–Crippen MR) is 70.1 cm³/mol. The Morgan fingerprint density at radius 3 is 2.82 bits per heavy atom. The zero-order valence-electron chi connectivity index (χ0n) is 10.1. The molecule has 2 nitrogen and oxygen atoms in total. The summed E-state index contributed by atoms with van der Waals surface area (Å²) in [6, 6.07) is 7.87. The fraction of sp³-hybridized carbons (Fsp3) is 0.500. The maximum Gasteiger partial charge on any atom is 0.224 e. The zero-order valence-corrected chi connectivity index (χ0v) is 10.8. The minimum atomic E-state index is 0.0807. The predicted octanol–water partition coefficient (Wildman–Crippen LogP) is 3.19. The molecule has 0 aliphatic heterocycles. The molecule has 2 rings (SSSR count). The third kappa shape index (κ3) is 3.47. The van der Waals surface area contributed by atoms with Crippen LogP contribution in [0.3, 0.4) is 0 Å². The number of amides is 1. The van der Waals surface area contributed by atoms with Crippen molar-refractivity contribution in [1.82, 2.24) is 5.32 Å². The van der Waals surface area contributed by atoms with E-state index in [-0.39, 0.29) is 5.91 Å².